The van der Waals surface area contributed by atoms with Crippen LogP contribution in [0.15, 0.2) is 0 Å². The Bertz CT molecular complexity index is 286. The number of alkyl halides is 3. The number of carbonyl (C=O) groups excluding carboxylic acids is 1. The van der Waals surface area contributed by atoms with Crippen LogP contribution in [-0.4, -0.2) is 61.9 Å². The van der Waals surface area contributed by atoms with Gasteiger partial charge in [0.15, 0.2) is 0 Å². The minimum atomic E-state index is -4.38. The van der Waals surface area contributed by atoms with E-state index in [1.54, 1.807) is 4.90 Å². The summed E-state index contributed by atoms with van der Waals surface area (Å²) in [6.07, 6.45) is -4.64. The van der Waals surface area contributed by atoms with Crippen LogP contribution in [0.2, 0.25) is 0 Å². The van der Waals surface area contributed by atoms with Crippen molar-refractivity contribution in [1.82, 2.24) is 10.2 Å². The Morgan fingerprint density at radius 1 is 1.50 bits per heavy atom. The van der Waals surface area contributed by atoms with E-state index < -0.39 is 18.6 Å². The van der Waals surface area contributed by atoms with E-state index in [1.165, 1.54) is 0 Å². The van der Waals surface area contributed by atoms with Crippen LogP contribution < -0.4 is 11.1 Å². The lowest BCUT2D eigenvalue weighted by Crippen LogP contribution is -2.52. The van der Waals surface area contributed by atoms with E-state index in [0.717, 1.165) is 0 Å². The Labute approximate surface area is 103 Å². The SMILES string of the molecule is CC1CN(CC(=O)NCC(F)(F)F)CC(CN)O1. The number of carbonyl (C=O) groups is 1. The van der Waals surface area contributed by atoms with Gasteiger partial charge in [0, 0.05) is 19.6 Å². The maximum Gasteiger partial charge on any atom is 0.405 e. The first-order valence-electron chi connectivity index (χ1n) is 5.71. The number of nitrogens with two attached hydrogens (primary N) is 1. The third kappa shape index (κ3) is 5.65. The van der Waals surface area contributed by atoms with Gasteiger partial charge in [-0.1, -0.05) is 0 Å². The minimum Gasteiger partial charge on any atom is -0.371 e. The molecule has 1 rings (SSSR count). The molecule has 0 aromatic heterocycles. The molecule has 0 aromatic rings. The van der Waals surface area contributed by atoms with Gasteiger partial charge in [-0.3, -0.25) is 9.69 Å². The van der Waals surface area contributed by atoms with E-state index in [1.807, 2.05) is 12.2 Å². The van der Waals surface area contributed by atoms with Crippen LogP contribution in [0.4, 0.5) is 13.2 Å². The lowest BCUT2D eigenvalue weighted by molar-refractivity contribution is -0.141. The van der Waals surface area contributed by atoms with Gasteiger partial charge in [0.25, 0.3) is 0 Å². The molecule has 0 spiro atoms. The van der Waals surface area contributed by atoms with Crippen LogP contribution in [0.3, 0.4) is 0 Å². The molecule has 0 aromatic carbocycles. The first-order chi connectivity index (χ1) is 8.30. The number of amides is 1. The average Bonchev–Trinajstić information content (AvgIpc) is 2.24. The van der Waals surface area contributed by atoms with Gasteiger partial charge in [-0.2, -0.15) is 13.2 Å². The molecule has 5 nitrogen and oxygen atoms in total. The molecule has 0 saturated carbocycles. The van der Waals surface area contributed by atoms with Crippen molar-refractivity contribution in [3.8, 4) is 0 Å². The largest absolute Gasteiger partial charge is 0.405 e. The minimum absolute atomic E-state index is 0.0692. The second-order valence-corrected chi connectivity index (χ2v) is 4.39. The number of rotatable bonds is 4. The number of nitrogens with zero attached hydrogens (tertiary/aromatic N) is 1. The molecular formula is C10H18F3N3O2. The summed E-state index contributed by atoms with van der Waals surface area (Å²) in [6.45, 7) is 1.76. The van der Waals surface area contributed by atoms with Crippen molar-refractivity contribution < 1.29 is 22.7 Å². The first-order valence-corrected chi connectivity index (χ1v) is 5.71. The summed E-state index contributed by atoms with van der Waals surface area (Å²) in [5.41, 5.74) is 5.47. The molecule has 106 valence electrons. The molecule has 1 aliphatic rings. The summed E-state index contributed by atoms with van der Waals surface area (Å²) >= 11 is 0. The van der Waals surface area contributed by atoms with E-state index in [2.05, 4.69) is 0 Å². The fraction of sp³-hybridized carbons (Fsp3) is 0.900. The van der Waals surface area contributed by atoms with Crippen LogP contribution in [0, 0.1) is 0 Å². The van der Waals surface area contributed by atoms with E-state index in [-0.39, 0.29) is 18.8 Å². The molecule has 1 aliphatic heterocycles. The number of hydrogen-bond acceptors (Lipinski definition) is 4. The van der Waals surface area contributed by atoms with Crippen LogP contribution in [0.5, 0.6) is 0 Å². The molecule has 18 heavy (non-hydrogen) atoms. The number of halogens is 3. The van der Waals surface area contributed by atoms with E-state index in [4.69, 9.17) is 10.5 Å². The predicted octanol–water partition coefficient (Wildman–Crippen LogP) is -0.287. The zero-order valence-corrected chi connectivity index (χ0v) is 10.2. The van der Waals surface area contributed by atoms with Crippen molar-refractivity contribution in [2.45, 2.75) is 25.3 Å². The number of hydrogen-bond donors (Lipinski definition) is 2. The Hall–Kier alpha value is -0.860. The summed E-state index contributed by atoms with van der Waals surface area (Å²) in [5.74, 6) is -0.641. The lowest BCUT2D eigenvalue weighted by atomic mass is 10.2. The van der Waals surface area contributed by atoms with E-state index in [9.17, 15) is 18.0 Å². The highest BCUT2D eigenvalue weighted by molar-refractivity contribution is 5.78. The summed E-state index contributed by atoms with van der Waals surface area (Å²) in [6, 6.07) is 0. The topological polar surface area (TPSA) is 67.6 Å². The number of morpholine rings is 1. The van der Waals surface area contributed by atoms with Crippen molar-refractivity contribution in [3.05, 3.63) is 0 Å². The predicted molar refractivity (Wildman–Crippen MR) is 58.9 cm³/mol. The number of nitrogens with one attached hydrogen (secondary N) is 1. The quantitative estimate of drug-likeness (QED) is 0.736. The normalized spacial score (nSPS) is 26.1. The van der Waals surface area contributed by atoms with Crippen molar-refractivity contribution in [3.63, 3.8) is 0 Å². The zero-order valence-electron chi connectivity index (χ0n) is 10.2. The molecule has 1 heterocycles. The highest BCUT2D eigenvalue weighted by atomic mass is 19.4. The Balaban J connectivity index is 2.34. The van der Waals surface area contributed by atoms with Crippen molar-refractivity contribution in [2.75, 3.05) is 32.7 Å². The first kappa shape index (κ1) is 15.2. The van der Waals surface area contributed by atoms with Crippen molar-refractivity contribution in [2.24, 2.45) is 5.73 Å². The molecule has 0 radical (unpaired) electrons. The molecular weight excluding hydrogens is 251 g/mol. The maximum atomic E-state index is 11.9. The second kappa shape index (κ2) is 6.35. The molecule has 2 unspecified atom stereocenters. The smallest absolute Gasteiger partial charge is 0.371 e. The molecule has 2 atom stereocenters. The van der Waals surface area contributed by atoms with Gasteiger partial charge in [0.1, 0.15) is 6.54 Å². The van der Waals surface area contributed by atoms with E-state index >= 15 is 0 Å². The summed E-state index contributed by atoms with van der Waals surface area (Å²) in [5, 5.41) is 1.84. The van der Waals surface area contributed by atoms with Gasteiger partial charge >= 0.3 is 6.18 Å². The van der Waals surface area contributed by atoms with E-state index in [0.29, 0.717) is 19.6 Å². The fourth-order valence-corrected chi connectivity index (χ4v) is 1.86. The van der Waals surface area contributed by atoms with Crippen LogP contribution in [0.25, 0.3) is 0 Å². The molecule has 3 N–H and O–H groups in total. The fourth-order valence-electron chi connectivity index (χ4n) is 1.86. The summed E-state index contributed by atoms with van der Waals surface area (Å²) in [4.78, 5) is 13.1. The van der Waals surface area contributed by atoms with Gasteiger partial charge in [-0.15, -0.1) is 0 Å². The number of ether oxygens (including phenoxy) is 1. The van der Waals surface area contributed by atoms with Crippen molar-refractivity contribution in [1.29, 1.82) is 0 Å². The molecule has 1 fully saturated rings. The zero-order chi connectivity index (χ0) is 13.8. The highest BCUT2D eigenvalue weighted by Gasteiger charge is 2.29. The van der Waals surface area contributed by atoms with Crippen LogP contribution in [-0.2, 0) is 9.53 Å². The summed E-state index contributed by atoms with van der Waals surface area (Å²) in [7, 11) is 0. The molecule has 0 aliphatic carbocycles. The average molecular weight is 269 g/mol. The molecule has 1 saturated heterocycles. The standard InChI is InChI=1S/C10H18F3N3O2/c1-7-3-16(4-8(2-14)18-7)5-9(17)15-6-10(11,12)13/h7-8H,2-6,14H2,1H3,(H,15,17). The van der Waals surface area contributed by atoms with Crippen LogP contribution in [0.1, 0.15) is 6.92 Å². The third-order valence-corrected chi connectivity index (χ3v) is 2.52. The van der Waals surface area contributed by atoms with Gasteiger partial charge in [0.05, 0.1) is 18.8 Å². The monoisotopic (exact) mass is 269 g/mol. The molecule has 1 amide bonds. The van der Waals surface area contributed by atoms with Gasteiger partial charge < -0.3 is 15.8 Å². The molecule has 0 bridgehead atoms. The summed E-state index contributed by atoms with van der Waals surface area (Å²) < 4.78 is 41.2. The van der Waals surface area contributed by atoms with Gasteiger partial charge in [0.2, 0.25) is 5.91 Å². The molecule has 8 heteroatoms. The van der Waals surface area contributed by atoms with Gasteiger partial charge in [-0.05, 0) is 6.92 Å². The second-order valence-electron chi connectivity index (χ2n) is 4.39. The Morgan fingerprint density at radius 3 is 2.72 bits per heavy atom. The van der Waals surface area contributed by atoms with Crippen molar-refractivity contribution >= 4 is 5.91 Å². The maximum absolute atomic E-state index is 11.9. The lowest BCUT2D eigenvalue weighted by Gasteiger charge is -2.35. The Kier molecular flexibility index (Phi) is 5.36. The highest BCUT2D eigenvalue weighted by Crippen LogP contribution is 2.12. The van der Waals surface area contributed by atoms with Crippen LogP contribution >= 0.6 is 0 Å². The third-order valence-electron chi connectivity index (χ3n) is 2.52. The Morgan fingerprint density at radius 2 is 2.17 bits per heavy atom. The van der Waals surface area contributed by atoms with Gasteiger partial charge in [-0.25, -0.2) is 0 Å².